The van der Waals surface area contributed by atoms with Crippen molar-refractivity contribution in [2.24, 2.45) is 5.73 Å². The van der Waals surface area contributed by atoms with Crippen molar-refractivity contribution in [3.63, 3.8) is 0 Å². The Morgan fingerprint density at radius 3 is 2.24 bits per heavy atom. The van der Waals surface area contributed by atoms with Crippen molar-refractivity contribution < 1.29 is 4.79 Å². The minimum Gasteiger partial charge on any atom is -0.325 e. The highest BCUT2D eigenvalue weighted by molar-refractivity contribution is 5.97. The first-order valence-corrected chi connectivity index (χ1v) is 7.87. The molecule has 1 amide bonds. The highest BCUT2D eigenvalue weighted by Crippen LogP contribution is 2.16. The number of carbonyl (C=O) groups excluding carboxylic acids is 1. The van der Waals surface area contributed by atoms with Gasteiger partial charge in [-0.1, -0.05) is 25.0 Å². The van der Waals surface area contributed by atoms with Crippen LogP contribution in [0.25, 0.3) is 0 Å². The number of nitrogens with two attached hydrogens (primary N) is 1. The van der Waals surface area contributed by atoms with Crippen LogP contribution in [0.2, 0.25) is 0 Å². The lowest BCUT2D eigenvalue weighted by Crippen LogP contribution is -2.45. The number of carbonyl (C=O) groups is 1. The van der Waals surface area contributed by atoms with Crippen LogP contribution < -0.4 is 11.1 Å². The van der Waals surface area contributed by atoms with Gasteiger partial charge in [-0.15, -0.1) is 0 Å². The van der Waals surface area contributed by atoms with E-state index in [1.165, 1.54) is 44.3 Å². The van der Waals surface area contributed by atoms with Crippen LogP contribution in [0.5, 0.6) is 0 Å². The highest BCUT2D eigenvalue weighted by atomic mass is 16.2. The Hall–Kier alpha value is -1.39. The average Bonchev–Trinajstić information content (AvgIpc) is 2.68. The van der Waals surface area contributed by atoms with Crippen molar-refractivity contribution in [1.29, 1.82) is 0 Å². The molecule has 0 aliphatic carbocycles. The number of amides is 1. The summed E-state index contributed by atoms with van der Waals surface area (Å²) >= 11 is 0. The molecule has 4 heteroatoms. The lowest BCUT2D eigenvalue weighted by Gasteiger charge is -2.20. The van der Waals surface area contributed by atoms with Crippen LogP contribution in [0.15, 0.2) is 24.3 Å². The van der Waals surface area contributed by atoms with E-state index >= 15 is 0 Å². The monoisotopic (exact) mass is 289 g/mol. The van der Waals surface area contributed by atoms with Crippen LogP contribution in [-0.2, 0) is 11.3 Å². The van der Waals surface area contributed by atoms with Gasteiger partial charge in [0, 0.05) is 12.2 Å². The molecule has 1 aliphatic rings. The summed E-state index contributed by atoms with van der Waals surface area (Å²) in [6, 6.07) is 8.08. The van der Waals surface area contributed by atoms with Gasteiger partial charge in [0.1, 0.15) is 0 Å². The summed E-state index contributed by atoms with van der Waals surface area (Å²) in [5, 5.41) is 2.85. The van der Waals surface area contributed by atoms with E-state index in [0.717, 1.165) is 12.2 Å². The van der Waals surface area contributed by atoms with E-state index in [1.54, 1.807) is 13.8 Å². The second kappa shape index (κ2) is 7.05. The van der Waals surface area contributed by atoms with Gasteiger partial charge in [0.2, 0.25) is 5.91 Å². The fourth-order valence-electron chi connectivity index (χ4n) is 2.54. The third-order valence-electron chi connectivity index (χ3n) is 3.90. The number of nitrogens with one attached hydrogen (secondary N) is 1. The number of nitrogens with zero attached hydrogens (tertiary/aromatic N) is 1. The fourth-order valence-corrected chi connectivity index (χ4v) is 2.54. The summed E-state index contributed by atoms with van der Waals surface area (Å²) in [7, 11) is 0. The minimum absolute atomic E-state index is 0.164. The molecule has 116 valence electrons. The first-order chi connectivity index (χ1) is 9.95. The Bertz CT molecular complexity index is 454. The van der Waals surface area contributed by atoms with Gasteiger partial charge in [-0.3, -0.25) is 9.69 Å². The van der Waals surface area contributed by atoms with Gasteiger partial charge in [-0.05, 0) is 57.5 Å². The predicted molar refractivity (Wildman–Crippen MR) is 87.1 cm³/mol. The average molecular weight is 289 g/mol. The molecular weight excluding hydrogens is 262 g/mol. The van der Waals surface area contributed by atoms with Crippen LogP contribution in [-0.4, -0.2) is 29.4 Å². The second-order valence-corrected chi connectivity index (χ2v) is 6.56. The lowest BCUT2D eigenvalue weighted by molar-refractivity contribution is -0.120. The van der Waals surface area contributed by atoms with Crippen molar-refractivity contribution in [3.8, 4) is 0 Å². The second-order valence-electron chi connectivity index (χ2n) is 6.56. The molecule has 4 nitrogen and oxygen atoms in total. The Labute approximate surface area is 127 Å². The molecule has 0 atom stereocenters. The third-order valence-corrected chi connectivity index (χ3v) is 3.90. The third kappa shape index (κ3) is 5.14. The first kappa shape index (κ1) is 16.0. The van der Waals surface area contributed by atoms with Crippen LogP contribution in [0, 0.1) is 0 Å². The normalized spacial score (nSPS) is 17.3. The van der Waals surface area contributed by atoms with E-state index in [9.17, 15) is 4.79 Å². The number of likely N-dealkylation sites (tertiary alicyclic amines) is 1. The molecule has 0 unspecified atom stereocenters. The molecule has 1 aliphatic heterocycles. The molecule has 0 aromatic heterocycles. The number of rotatable bonds is 4. The molecule has 21 heavy (non-hydrogen) atoms. The van der Waals surface area contributed by atoms with Gasteiger partial charge in [0.25, 0.3) is 0 Å². The summed E-state index contributed by atoms with van der Waals surface area (Å²) in [6.45, 7) is 6.79. The van der Waals surface area contributed by atoms with E-state index < -0.39 is 5.54 Å². The standard InChI is InChI=1S/C17H27N3O/c1-17(2,18)16(21)19-15-9-7-14(8-10-15)13-20-11-5-3-4-6-12-20/h7-10H,3-6,11-13,18H2,1-2H3,(H,19,21). The molecule has 1 saturated heterocycles. The van der Waals surface area contributed by atoms with Crippen molar-refractivity contribution in [2.45, 2.75) is 51.6 Å². The Morgan fingerprint density at radius 1 is 1.14 bits per heavy atom. The Kier molecular flexibility index (Phi) is 5.37. The zero-order valence-corrected chi connectivity index (χ0v) is 13.2. The zero-order valence-electron chi connectivity index (χ0n) is 13.2. The first-order valence-electron chi connectivity index (χ1n) is 7.87. The van der Waals surface area contributed by atoms with Crippen LogP contribution >= 0.6 is 0 Å². The fraction of sp³-hybridized carbons (Fsp3) is 0.588. The lowest BCUT2D eigenvalue weighted by atomic mass is 10.1. The minimum atomic E-state index is -0.856. The summed E-state index contributed by atoms with van der Waals surface area (Å²) < 4.78 is 0. The number of anilines is 1. The van der Waals surface area contributed by atoms with Crippen molar-refractivity contribution in [2.75, 3.05) is 18.4 Å². The molecule has 1 aromatic carbocycles. The van der Waals surface area contributed by atoms with E-state index in [1.807, 2.05) is 12.1 Å². The molecule has 2 rings (SSSR count). The molecule has 0 spiro atoms. The molecule has 0 bridgehead atoms. The maximum atomic E-state index is 11.8. The van der Waals surface area contributed by atoms with E-state index in [-0.39, 0.29) is 5.91 Å². The molecule has 1 fully saturated rings. The van der Waals surface area contributed by atoms with Gasteiger partial charge in [-0.25, -0.2) is 0 Å². The molecule has 3 N–H and O–H groups in total. The van der Waals surface area contributed by atoms with E-state index in [0.29, 0.717) is 0 Å². The maximum absolute atomic E-state index is 11.8. The SMILES string of the molecule is CC(C)(N)C(=O)Nc1ccc(CN2CCCCCC2)cc1. The zero-order chi connectivity index (χ0) is 15.3. The molecule has 0 radical (unpaired) electrons. The molecular formula is C17H27N3O. The quantitative estimate of drug-likeness (QED) is 0.896. The van der Waals surface area contributed by atoms with Gasteiger partial charge >= 0.3 is 0 Å². The Balaban J connectivity index is 1.91. The Morgan fingerprint density at radius 2 is 1.71 bits per heavy atom. The van der Waals surface area contributed by atoms with E-state index in [2.05, 4.69) is 22.3 Å². The van der Waals surface area contributed by atoms with Crippen molar-refractivity contribution in [1.82, 2.24) is 4.90 Å². The van der Waals surface area contributed by atoms with Gasteiger partial charge < -0.3 is 11.1 Å². The smallest absolute Gasteiger partial charge is 0.243 e. The van der Waals surface area contributed by atoms with Crippen LogP contribution in [0.3, 0.4) is 0 Å². The van der Waals surface area contributed by atoms with E-state index in [4.69, 9.17) is 5.73 Å². The summed E-state index contributed by atoms with van der Waals surface area (Å²) in [4.78, 5) is 14.3. The highest BCUT2D eigenvalue weighted by Gasteiger charge is 2.21. The topological polar surface area (TPSA) is 58.4 Å². The summed E-state index contributed by atoms with van der Waals surface area (Å²) in [6.07, 6.45) is 5.33. The predicted octanol–water partition coefficient (Wildman–Crippen LogP) is 2.74. The van der Waals surface area contributed by atoms with Gasteiger partial charge in [0.15, 0.2) is 0 Å². The maximum Gasteiger partial charge on any atom is 0.243 e. The largest absolute Gasteiger partial charge is 0.325 e. The van der Waals surface area contributed by atoms with Gasteiger partial charge in [-0.2, -0.15) is 0 Å². The summed E-state index contributed by atoms with van der Waals surface area (Å²) in [5.41, 5.74) is 7.02. The number of hydrogen-bond donors (Lipinski definition) is 2. The molecule has 1 aromatic rings. The van der Waals surface area contributed by atoms with Crippen molar-refractivity contribution >= 4 is 11.6 Å². The van der Waals surface area contributed by atoms with Crippen LogP contribution in [0.4, 0.5) is 5.69 Å². The van der Waals surface area contributed by atoms with Crippen LogP contribution in [0.1, 0.15) is 45.1 Å². The number of benzene rings is 1. The number of hydrogen-bond acceptors (Lipinski definition) is 3. The summed E-state index contributed by atoms with van der Waals surface area (Å²) in [5.74, 6) is -0.164. The van der Waals surface area contributed by atoms with Crippen molar-refractivity contribution in [3.05, 3.63) is 29.8 Å². The molecule has 1 heterocycles. The van der Waals surface area contributed by atoms with Gasteiger partial charge in [0.05, 0.1) is 5.54 Å². The molecule has 0 saturated carbocycles.